The molecule has 1 atom stereocenters. The normalized spacial score (nSPS) is 15.2. The van der Waals surface area contributed by atoms with Crippen molar-refractivity contribution in [1.29, 1.82) is 0 Å². The summed E-state index contributed by atoms with van der Waals surface area (Å²) in [5, 5.41) is 5.78. The van der Waals surface area contributed by atoms with E-state index in [1.807, 2.05) is 24.3 Å². The van der Waals surface area contributed by atoms with Gasteiger partial charge in [0.25, 0.3) is 0 Å². The topological polar surface area (TPSA) is 59.1 Å². The van der Waals surface area contributed by atoms with E-state index >= 15 is 0 Å². The smallest absolute Gasteiger partial charge is 0.421 e. The molecule has 0 aliphatic heterocycles. The Labute approximate surface area is 197 Å². The number of benzene rings is 2. The molecular weight excluding hydrogens is 441 g/mol. The van der Waals surface area contributed by atoms with Crippen molar-refractivity contribution in [3.05, 3.63) is 65.9 Å². The minimum atomic E-state index is -4.59. The molecule has 34 heavy (non-hydrogen) atoms. The number of hydrogen-bond acceptors (Lipinski definition) is 5. The zero-order valence-corrected chi connectivity index (χ0v) is 19.3. The van der Waals surface area contributed by atoms with Gasteiger partial charge in [-0.1, -0.05) is 26.0 Å². The Morgan fingerprint density at radius 3 is 2.21 bits per heavy atom. The lowest BCUT2D eigenvalue weighted by Gasteiger charge is -2.16. The van der Waals surface area contributed by atoms with E-state index in [9.17, 15) is 13.2 Å². The summed E-state index contributed by atoms with van der Waals surface area (Å²) in [4.78, 5) is 8.01. The zero-order valence-electron chi connectivity index (χ0n) is 19.3. The highest BCUT2D eigenvalue weighted by Gasteiger charge is 2.35. The number of aromatic nitrogens is 2. The molecule has 0 spiro atoms. The molecule has 1 heterocycles. The number of hydrogen-bond donors (Lipinski definition) is 2. The minimum Gasteiger partial charge on any atom is -0.490 e. The van der Waals surface area contributed by atoms with Crippen LogP contribution in [0.5, 0.6) is 5.75 Å². The van der Waals surface area contributed by atoms with E-state index in [0.29, 0.717) is 17.3 Å². The van der Waals surface area contributed by atoms with Crippen molar-refractivity contribution in [3.63, 3.8) is 0 Å². The van der Waals surface area contributed by atoms with E-state index in [0.717, 1.165) is 36.8 Å². The Balaban J connectivity index is 1.51. The third-order valence-electron chi connectivity index (χ3n) is 6.16. The molecule has 1 saturated carbocycles. The number of nitrogens with one attached hydrogen (secondary N) is 2. The van der Waals surface area contributed by atoms with Gasteiger partial charge in [0, 0.05) is 17.6 Å². The Bertz CT molecular complexity index is 1080. The SMILES string of the molecule is CCC(C)c1ccc(Nc2nc(Nc3ccc(OC4CCCC4)cc3)ncc2C(F)(F)F)cc1. The first-order chi connectivity index (χ1) is 16.3. The molecule has 0 saturated heterocycles. The van der Waals surface area contributed by atoms with Gasteiger partial charge in [-0.2, -0.15) is 18.2 Å². The van der Waals surface area contributed by atoms with Gasteiger partial charge < -0.3 is 15.4 Å². The lowest BCUT2D eigenvalue weighted by Crippen LogP contribution is -2.12. The first kappa shape index (κ1) is 23.9. The molecule has 1 aromatic heterocycles. The summed E-state index contributed by atoms with van der Waals surface area (Å²) in [6.07, 6.45) is 1.96. The molecule has 1 aliphatic carbocycles. The van der Waals surface area contributed by atoms with Gasteiger partial charge in [0.05, 0.1) is 6.10 Å². The van der Waals surface area contributed by atoms with E-state index in [1.54, 1.807) is 24.3 Å². The van der Waals surface area contributed by atoms with E-state index in [-0.39, 0.29) is 17.9 Å². The standard InChI is InChI=1S/C26H29F3N4O/c1-3-17(2)18-8-10-19(11-9-18)31-24-23(26(27,28)29)16-30-25(33-24)32-20-12-14-22(15-13-20)34-21-6-4-5-7-21/h8-17,21H,3-7H2,1-2H3,(H2,30,31,32,33). The monoisotopic (exact) mass is 470 g/mol. The van der Waals surface area contributed by atoms with E-state index in [2.05, 4.69) is 34.4 Å². The van der Waals surface area contributed by atoms with Crippen molar-refractivity contribution in [2.24, 2.45) is 0 Å². The average molecular weight is 471 g/mol. The Morgan fingerprint density at radius 2 is 1.59 bits per heavy atom. The molecule has 2 N–H and O–H groups in total. The maximum Gasteiger partial charge on any atom is 0.421 e. The summed E-state index contributed by atoms with van der Waals surface area (Å²) >= 11 is 0. The van der Waals surface area contributed by atoms with Crippen molar-refractivity contribution in [1.82, 2.24) is 9.97 Å². The van der Waals surface area contributed by atoms with Crippen LogP contribution in [0.3, 0.4) is 0 Å². The van der Waals surface area contributed by atoms with Gasteiger partial charge in [-0.3, -0.25) is 0 Å². The maximum atomic E-state index is 13.6. The van der Waals surface area contributed by atoms with E-state index in [4.69, 9.17) is 4.74 Å². The average Bonchev–Trinajstić information content (AvgIpc) is 3.33. The maximum absolute atomic E-state index is 13.6. The van der Waals surface area contributed by atoms with Gasteiger partial charge >= 0.3 is 6.18 Å². The highest BCUT2D eigenvalue weighted by atomic mass is 19.4. The first-order valence-electron chi connectivity index (χ1n) is 11.7. The van der Waals surface area contributed by atoms with Crippen LogP contribution in [-0.2, 0) is 6.18 Å². The van der Waals surface area contributed by atoms with Crippen molar-refractivity contribution < 1.29 is 17.9 Å². The molecule has 0 radical (unpaired) electrons. The number of halogens is 3. The fraction of sp³-hybridized carbons (Fsp3) is 0.385. The van der Waals surface area contributed by atoms with Gasteiger partial charge in [-0.25, -0.2) is 4.98 Å². The van der Waals surface area contributed by atoms with Crippen LogP contribution >= 0.6 is 0 Å². The quantitative estimate of drug-likeness (QED) is 0.351. The highest BCUT2D eigenvalue weighted by Crippen LogP contribution is 2.35. The van der Waals surface area contributed by atoms with Crippen LogP contribution in [0.2, 0.25) is 0 Å². The molecule has 8 heteroatoms. The lowest BCUT2D eigenvalue weighted by molar-refractivity contribution is -0.137. The van der Waals surface area contributed by atoms with Crippen LogP contribution in [0, 0.1) is 0 Å². The third kappa shape index (κ3) is 5.98. The summed E-state index contributed by atoms with van der Waals surface area (Å²) in [6, 6.07) is 14.6. The van der Waals surface area contributed by atoms with Gasteiger partial charge in [0.15, 0.2) is 0 Å². The van der Waals surface area contributed by atoms with Crippen molar-refractivity contribution in [3.8, 4) is 5.75 Å². The van der Waals surface area contributed by atoms with Gasteiger partial charge in [0.1, 0.15) is 17.1 Å². The van der Waals surface area contributed by atoms with Crippen LogP contribution in [0.25, 0.3) is 0 Å². The number of anilines is 4. The van der Waals surface area contributed by atoms with Crippen LogP contribution in [0.15, 0.2) is 54.7 Å². The third-order valence-corrected chi connectivity index (χ3v) is 6.16. The van der Waals surface area contributed by atoms with Gasteiger partial charge in [-0.15, -0.1) is 0 Å². The Hall–Kier alpha value is -3.29. The predicted octanol–water partition coefficient (Wildman–Crippen LogP) is 7.82. The van der Waals surface area contributed by atoms with Gasteiger partial charge in [0.2, 0.25) is 5.95 Å². The second-order valence-corrected chi connectivity index (χ2v) is 8.68. The lowest BCUT2D eigenvalue weighted by atomic mass is 9.99. The molecule has 180 valence electrons. The number of nitrogens with zero attached hydrogens (tertiary/aromatic N) is 2. The molecule has 1 aliphatic rings. The summed E-state index contributed by atoms with van der Waals surface area (Å²) in [5.41, 5.74) is 1.39. The molecular formula is C26H29F3N4O. The largest absolute Gasteiger partial charge is 0.490 e. The molecule has 1 fully saturated rings. The van der Waals surface area contributed by atoms with E-state index in [1.165, 1.54) is 12.8 Å². The van der Waals surface area contributed by atoms with Crippen LogP contribution in [0.4, 0.5) is 36.3 Å². The fourth-order valence-electron chi connectivity index (χ4n) is 3.96. The highest BCUT2D eigenvalue weighted by molar-refractivity contribution is 5.63. The number of rotatable bonds is 8. The molecule has 0 amide bonds. The summed E-state index contributed by atoms with van der Waals surface area (Å²) in [5.74, 6) is 0.914. The van der Waals surface area contributed by atoms with Gasteiger partial charge in [-0.05, 0) is 80.0 Å². The predicted molar refractivity (Wildman–Crippen MR) is 128 cm³/mol. The summed E-state index contributed by atoms with van der Waals surface area (Å²) in [6.45, 7) is 4.21. The molecule has 5 nitrogen and oxygen atoms in total. The second kappa shape index (κ2) is 10.3. The van der Waals surface area contributed by atoms with E-state index < -0.39 is 11.7 Å². The molecule has 4 rings (SSSR count). The Morgan fingerprint density at radius 1 is 0.971 bits per heavy atom. The molecule has 0 bridgehead atoms. The number of ether oxygens (including phenoxy) is 1. The van der Waals surface area contributed by atoms with Crippen molar-refractivity contribution >= 4 is 23.1 Å². The fourth-order valence-corrected chi connectivity index (χ4v) is 3.96. The van der Waals surface area contributed by atoms with Crippen LogP contribution in [0.1, 0.15) is 63.0 Å². The Kier molecular flexibility index (Phi) is 7.24. The second-order valence-electron chi connectivity index (χ2n) is 8.68. The van der Waals surface area contributed by atoms with Crippen molar-refractivity contribution in [2.45, 2.75) is 64.1 Å². The minimum absolute atomic E-state index is 0.0659. The first-order valence-corrected chi connectivity index (χ1v) is 11.7. The molecule has 1 unspecified atom stereocenters. The summed E-state index contributed by atoms with van der Waals surface area (Å²) < 4.78 is 46.7. The molecule has 2 aromatic carbocycles. The van der Waals surface area contributed by atoms with Crippen LogP contribution in [-0.4, -0.2) is 16.1 Å². The molecule has 3 aromatic rings. The van der Waals surface area contributed by atoms with Crippen LogP contribution < -0.4 is 15.4 Å². The number of alkyl halides is 3. The summed E-state index contributed by atoms with van der Waals surface area (Å²) in [7, 11) is 0. The zero-order chi connectivity index (χ0) is 24.1. The van der Waals surface area contributed by atoms with Crippen molar-refractivity contribution in [2.75, 3.05) is 10.6 Å².